The molecule has 1 atom stereocenters. The van der Waals surface area contributed by atoms with Gasteiger partial charge in [-0.05, 0) is 19.9 Å². The maximum atomic E-state index is 11.6. The lowest BCUT2D eigenvalue weighted by Gasteiger charge is -2.19. The molecule has 0 radical (unpaired) electrons. The number of carbonyl (C=O) groups excluding carboxylic acids is 2. The average Bonchev–Trinajstić information content (AvgIpc) is 2.27. The van der Waals surface area contributed by atoms with Gasteiger partial charge in [-0.3, -0.25) is 19.8 Å². The summed E-state index contributed by atoms with van der Waals surface area (Å²) >= 11 is 0. The van der Waals surface area contributed by atoms with Gasteiger partial charge in [-0.2, -0.15) is 0 Å². The highest BCUT2D eigenvalue weighted by Gasteiger charge is 2.16. The van der Waals surface area contributed by atoms with Crippen LogP contribution < -0.4 is 10.6 Å². The first-order valence-corrected chi connectivity index (χ1v) is 6.42. The summed E-state index contributed by atoms with van der Waals surface area (Å²) in [5.74, 6) is -1.55. The number of aliphatic carboxylic acids is 1. The minimum atomic E-state index is -1.01. The molecule has 0 saturated heterocycles. The van der Waals surface area contributed by atoms with Gasteiger partial charge in [-0.15, -0.1) is 12.4 Å². The Balaban J connectivity index is 0. The van der Waals surface area contributed by atoms with Crippen molar-refractivity contribution < 1.29 is 24.2 Å². The molecule has 124 valence electrons. The number of hydrogen-bond donors (Lipinski definition) is 3. The lowest BCUT2D eigenvalue weighted by atomic mass is 10.3. The van der Waals surface area contributed by atoms with Crippen LogP contribution in [0.1, 0.15) is 20.3 Å². The summed E-state index contributed by atoms with van der Waals surface area (Å²) < 4.78 is 4.85. The summed E-state index contributed by atoms with van der Waals surface area (Å²) in [6.45, 7) is 4.06. The maximum Gasteiger partial charge on any atom is 0.321 e. The zero-order chi connectivity index (χ0) is 15.5. The van der Waals surface area contributed by atoms with Gasteiger partial charge in [-0.1, -0.05) is 6.92 Å². The number of nitrogens with one attached hydrogen (secondary N) is 2. The van der Waals surface area contributed by atoms with Crippen molar-refractivity contribution in [3.8, 4) is 0 Å². The molecule has 0 aliphatic carbocycles. The van der Waals surface area contributed by atoms with Crippen molar-refractivity contribution in [3.63, 3.8) is 0 Å². The average molecular weight is 326 g/mol. The lowest BCUT2D eigenvalue weighted by Crippen LogP contribution is -2.48. The molecule has 1 unspecified atom stereocenters. The van der Waals surface area contributed by atoms with Crippen LogP contribution in [0.4, 0.5) is 4.79 Å². The number of amides is 3. The summed E-state index contributed by atoms with van der Waals surface area (Å²) in [5, 5.41) is 13.4. The molecule has 0 spiro atoms. The van der Waals surface area contributed by atoms with Gasteiger partial charge in [0.1, 0.15) is 0 Å². The lowest BCUT2D eigenvalue weighted by molar-refractivity contribution is -0.138. The van der Waals surface area contributed by atoms with Crippen LogP contribution in [-0.2, 0) is 14.3 Å². The molecule has 8 nitrogen and oxygen atoms in total. The molecule has 0 aromatic rings. The molecule has 0 aliphatic rings. The van der Waals surface area contributed by atoms with E-state index in [-0.39, 0.29) is 31.5 Å². The van der Waals surface area contributed by atoms with E-state index in [2.05, 4.69) is 10.6 Å². The molecule has 0 aromatic carbocycles. The van der Waals surface area contributed by atoms with Crippen molar-refractivity contribution in [2.45, 2.75) is 26.3 Å². The van der Waals surface area contributed by atoms with E-state index in [9.17, 15) is 14.4 Å². The highest BCUT2D eigenvalue weighted by Crippen LogP contribution is 1.91. The van der Waals surface area contributed by atoms with Gasteiger partial charge in [0.15, 0.2) is 0 Å². The normalized spacial score (nSPS) is 11.4. The molecule has 0 heterocycles. The van der Waals surface area contributed by atoms with Crippen LogP contribution in [-0.4, -0.2) is 67.3 Å². The minimum Gasteiger partial charge on any atom is -0.480 e. The Hall–Kier alpha value is -1.38. The summed E-state index contributed by atoms with van der Waals surface area (Å²) in [7, 11) is 1.51. The van der Waals surface area contributed by atoms with E-state index < -0.39 is 17.9 Å². The van der Waals surface area contributed by atoms with E-state index in [1.165, 1.54) is 12.0 Å². The third-order valence-corrected chi connectivity index (χ3v) is 2.31. The number of carbonyl (C=O) groups is 3. The van der Waals surface area contributed by atoms with Gasteiger partial charge in [0.2, 0.25) is 5.91 Å². The topological polar surface area (TPSA) is 108 Å². The molecule has 0 rings (SSSR count). The second kappa shape index (κ2) is 12.4. The summed E-state index contributed by atoms with van der Waals surface area (Å²) in [6.07, 6.45) is 0.720. The largest absolute Gasteiger partial charge is 0.480 e. The second-order valence-electron chi connectivity index (χ2n) is 4.48. The zero-order valence-electron chi connectivity index (χ0n) is 12.5. The number of methoxy groups -OCH3 is 1. The van der Waals surface area contributed by atoms with Crippen LogP contribution in [0.2, 0.25) is 0 Å². The van der Waals surface area contributed by atoms with E-state index in [1.54, 1.807) is 6.92 Å². The predicted molar refractivity (Wildman–Crippen MR) is 79.6 cm³/mol. The Morgan fingerprint density at radius 2 is 1.90 bits per heavy atom. The number of ether oxygens (including phenoxy) is 1. The van der Waals surface area contributed by atoms with Crippen LogP contribution in [0.5, 0.6) is 0 Å². The molecule has 0 fully saturated rings. The van der Waals surface area contributed by atoms with Crippen LogP contribution >= 0.6 is 12.4 Å². The number of imide groups is 1. The third-order valence-electron chi connectivity index (χ3n) is 2.31. The van der Waals surface area contributed by atoms with E-state index in [4.69, 9.17) is 9.84 Å². The second-order valence-corrected chi connectivity index (χ2v) is 4.48. The van der Waals surface area contributed by atoms with Crippen LogP contribution in [0.15, 0.2) is 0 Å². The molecule has 3 amide bonds. The quantitative estimate of drug-likeness (QED) is 0.553. The SMILES string of the molecule is CCCN(CC(=O)O)CC(=O)NC(=O)NC(C)COC.Cl. The van der Waals surface area contributed by atoms with E-state index in [1.807, 2.05) is 6.92 Å². The van der Waals surface area contributed by atoms with E-state index in [0.29, 0.717) is 13.2 Å². The minimum absolute atomic E-state index is 0. The fourth-order valence-electron chi connectivity index (χ4n) is 1.64. The maximum absolute atomic E-state index is 11.6. The van der Waals surface area contributed by atoms with Gasteiger partial charge in [0.25, 0.3) is 0 Å². The van der Waals surface area contributed by atoms with E-state index >= 15 is 0 Å². The molecular formula is C12H24ClN3O5. The van der Waals surface area contributed by atoms with Crippen molar-refractivity contribution in [1.29, 1.82) is 0 Å². The van der Waals surface area contributed by atoms with Gasteiger partial charge in [0, 0.05) is 7.11 Å². The number of halogens is 1. The number of carboxylic acids is 1. The monoisotopic (exact) mass is 325 g/mol. The molecule has 0 bridgehead atoms. The summed E-state index contributed by atoms with van der Waals surface area (Å²) in [6, 6.07) is -0.843. The highest BCUT2D eigenvalue weighted by atomic mass is 35.5. The number of rotatable bonds is 9. The molecule has 0 saturated carbocycles. The molecule has 0 aliphatic heterocycles. The van der Waals surface area contributed by atoms with Crippen molar-refractivity contribution in [2.24, 2.45) is 0 Å². The number of hydrogen-bond acceptors (Lipinski definition) is 5. The number of urea groups is 1. The fourth-order valence-corrected chi connectivity index (χ4v) is 1.64. The van der Waals surface area contributed by atoms with Crippen LogP contribution in [0.3, 0.4) is 0 Å². The summed E-state index contributed by atoms with van der Waals surface area (Å²) in [4.78, 5) is 35.2. The van der Waals surface area contributed by atoms with Crippen molar-refractivity contribution >= 4 is 30.3 Å². The van der Waals surface area contributed by atoms with Crippen molar-refractivity contribution in [2.75, 3.05) is 33.4 Å². The molecule has 21 heavy (non-hydrogen) atoms. The Morgan fingerprint density at radius 3 is 2.38 bits per heavy atom. The first kappa shape index (κ1) is 21.9. The first-order chi connectivity index (χ1) is 9.38. The molecule has 0 aromatic heterocycles. The Bertz CT molecular complexity index is 341. The molecular weight excluding hydrogens is 302 g/mol. The van der Waals surface area contributed by atoms with Gasteiger partial charge in [0.05, 0.1) is 25.7 Å². The van der Waals surface area contributed by atoms with Crippen molar-refractivity contribution in [3.05, 3.63) is 0 Å². The Labute approximate surface area is 130 Å². The van der Waals surface area contributed by atoms with Gasteiger partial charge < -0.3 is 15.2 Å². The van der Waals surface area contributed by atoms with Crippen molar-refractivity contribution in [1.82, 2.24) is 15.5 Å². The smallest absolute Gasteiger partial charge is 0.321 e. The Morgan fingerprint density at radius 1 is 1.29 bits per heavy atom. The number of carboxylic acid groups (broad SMARTS) is 1. The fraction of sp³-hybridized carbons (Fsp3) is 0.750. The van der Waals surface area contributed by atoms with Crippen LogP contribution in [0.25, 0.3) is 0 Å². The Kier molecular flexibility index (Phi) is 12.9. The van der Waals surface area contributed by atoms with Gasteiger partial charge in [-0.25, -0.2) is 4.79 Å². The number of nitrogens with zero attached hydrogens (tertiary/aromatic N) is 1. The van der Waals surface area contributed by atoms with E-state index in [0.717, 1.165) is 6.42 Å². The van der Waals surface area contributed by atoms with Crippen LogP contribution in [0, 0.1) is 0 Å². The summed E-state index contributed by atoms with van der Waals surface area (Å²) in [5.41, 5.74) is 0. The standard InChI is InChI=1S/C12H23N3O5.ClH/c1-4-5-15(7-11(17)18)6-10(16)14-12(19)13-9(2)8-20-3;/h9H,4-8H2,1-3H3,(H,17,18)(H2,13,14,16,19);1H. The van der Waals surface area contributed by atoms with Gasteiger partial charge >= 0.3 is 12.0 Å². The first-order valence-electron chi connectivity index (χ1n) is 6.42. The predicted octanol–water partition coefficient (Wildman–Crippen LogP) is 0.0655. The zero-order valence-corrected chi connectivity index (χ0v) is 13.4. The molecule has 9 heteroatoms. The third kappa shape index (κ3) is 12.1. The molecule has 3 N–H and O–H groups in total. The highest BCUT2D eigenvalue weighted by molar-refractivity contribution is 5.95.